The summed E-state index contributed by atoms with van der Waals surface area (Å²) < 4.78 is 10.7. The van der Waals surface area contributed by atoms with Crippen LogP contribution in [0, 0.1) is 0 Å². The summed E-state index contributed by atoms with van der Waals surface area (Å²) in [6.45, 7) is 9.21. The molecule has 1 N–H and O–H groups in total. The van der Waals surface area contributed by atoms with Gasteiger partial charge in [0.2, 0.25) is 5.79 Å². The molecule has 1 aromatic rings. The molecule has 18 heavy (non-hydrogen) atoms. The second-order valence-corrected chi connectivity index (χ2v) is 6.01. The minimum Gasteiger partial charge on any atom is -0.508 e. The zero-order valence-electron chi connectivity index (χ0n) is 11.3. The topological polar surface area (TPSA) is 55.8 Å². The van der Waals surface area contributed by atoms with Gasteiger partial charge < -0.3 is 14.6 Å². The summed E-state index contributed by atoms with van der Waals surface area (Å²) in [5.41, 5.74) is 0.797. The highest BCUT2D eigenvalue weighted by molar-refractivity contribution is 5.94. The van der Waals surface area contributed by atoms with E-state index >= 15 is 0 Å². The number of aromatic hydroxyl groups is 1. The van der Waals surface area contributed by atoms with Gasteiger partial charge in [-0.05, 0) is 11.5 Å². The number of hydrogen-bond donors (Lipinski definition) is 1. The van der Waals surface area contributed by atoms with Crippen LogP contribution in [0.2, 0.25) is 0 Å². The number of phenols is 1. The summed E-state index contributed by atoms with van der Waals surface area (Å²) >= 11 is 0. The third-order valence-electron chi connectivity index (χ3n) is 2.82. The van der Waals surface area contributed by atoms with Crippen molar-refractivity contribution in [3.8, 4) is 11.5 Å². The molecule has 0 unspecified atom stereocenters. The Morgan fingerprint density at radius 1 is 1.17 bits per heavy atom. The maximum absolute atomic E-state index is 11.9. The van der Waals surface area contributed by atoms with E-state index in [-0.39, 0.29) is 11.2 Å². The fourth-order valence-electron chi connectivity index (χ4n) is 1.98. The van der Waals surface area contributed by atoms with Crippen molar-refractivity contribution in [2.75, 3.05) is 0 Å². The lowest BCUT2D eigenvalue weighted by Gasteiger charge is -2.33. The molecule has 1 aliphatic rings. The lowest BCUT2D eigenvalue weighted by molar-refractivity contribution is -0.127. The van der Waals surface area contributed by atoms with E-state index in [0.29, 0.717) is 16.9 Å². The molecule has 4 heteroatoms. The van der Waals surface area contributed by atoms with Crippen molar-refractivity contribution in [2.24, 2.45) is 0 Å². The monoisotopic (exact) mass is 250 g/mol. The zero-order chi connectivity index (χ0) is 13.7. The minimum absolute atomic E-state index is 0.131. The Labute approximate surface area is 107 Å². The highest BCUT2D eigenvalue weighted by atomic mass is 16.7. The van der Waals surface area contributed by atoms with Crippen LogP contribution in [0.5, 0.6) is 11.5 Å². The SMILES string of the molecule is CC1(C)OC(=O)c2cc(C(C)(C)C)c(O)cc2O1. The van der Waals surface area contributed by atoms with Crippen molar-refractivity contribution in [3.05, 3.63) is 23.3 Å². The molecule has 1 aromatic carbocycles. The second kappa shape index (κ2) is 3.64. The van der Waals surface area contributed by atoms with Crippen LogP contribution in [0.15, 0.2) is 12.1 Å². The summed E-state index contributed by atoms with van der Waals surface area (Å²) in [4.78, 5) is 11.9. The molecule has 4 nitrogen and oxygen atoms in total. The van der Waals surface area contributed by atoms with Crippen molar-refractivity contribution in [2.45, 2.75) is 45.8 Å². The molecule has 0 radical (unpaired) electrons. The molecule has 1 heterocycles. The number of benzene rings is 1. The van der Waals surface area contributed by atoms with E-state index < -0.39 is 11.8 Å². The molecule has 0 amide bonds. The number of esters is 1. The summed E-state index contributed by atoms with van der Waals surface area (Å²) in [6, 6.07) is 3.13. The first-order valence-corrected chi connectivity index (χ1v) is 5.90. The fraction of sp³-hybridized carbons (Fsp3) is 0.500. The van der Waals surface area contributed by atoms with Crippen molar-refractivity contribution in [1.82, 2.24) is 0 Å². The molecule has 2 rings (SSSR count). The van der Waals surface area contributed by atoms with Crippen LogP contribution in [-0.4, -0.2) is 16.9 Å². The zero-order valence-corrected chi connectivity index (χ0v) is 11.3. The molecule has 0 spiro atoms. The largest absolute Gasteiger partial charge is 0.508 e. The fourth-order valence-corrected chi connectivity index (χ4v) is 1.98. The van der Waals surface area contributed by atoms with Crippen LogP contribution >= 0.6 is 0 Å². The van der Waals surface area contributed by atoms with Crippen molar-refractivity contribution >= 4 is 5.97 Å². The first-order chi connectivity index (χ1) is 8.10. The van der Waals surface area contributed by atoms with E-state index in [1.54, 1.807) is 19.9 Å². The van der Waals surface area contributed by atoms with Crippen molar-refractivity contribution < 1.29 is 19.4 Å². The maximum Gasteiger partial charge on any atom is 0.345 e. The van der Waals surface area contributed by atoms with E-state index in [1.165, 1.54) is 6.07 Å². The van der Waals surface area contributed by atoms with Crippen molar-refractivity contribution in [3.63, 3.8) is 0 Å². The van der Waals surface area contributed by atoms with Crippen LogP contribution in [0.4, 0.5) is 0 Å². The molecule has 98 valence electrons. The van der Waals surface area contributed by atoms with Crippen molar-refractivity contribution in [1.29, 1.82) is 0 Å². The van der Waals surface area contributed by atoms with E-state index in [2.05, 4.69) is 0 Å². The predicted octanol–water partition coefficient (Wildman–Crippen LogP) is 2.98. The summed E-state index contributed by atoms with van der Waals surface area (Å²) in [5.74, 6) is -0.931. The number of rotatable bonds is 0. The van der Waals surface area contributed by atoms with Gasteiger partial charge in [0.15, 0.2) is 0 Å². The number of phenolic OH excluding ortho intramolecular Hbond substituents is 1. The molecule has 0 saturated carbocycles. The number of hydrogen-bond acceptors (Lipinski definition) is 4. The summed E-state index contributed by atoms with van der Waals surface area (Å²) in [5, 5.41) is 10.0. The Balaban J connectivity index is 2.58. The average Bonchev–Trinajstić information content (AvgIpc) is 2.11. The van der Waals surface area contributed by atoms with E-state index in [0.717, 1.165) is 0 Å². The molecular weight excluding hydrogens is 232 g/mol. The van der Waals surface area contributed by atoms with Gasteiger partial charge in [0.05, 0.1) is 0 Å². The molecule has 0 atom stereocenters. The second-order valence-electron chi connectivity index (χ2n) is 6.01. The molecule has 0 saturated heterocycles. The molecule has 0 aromatic heterocycles. The van der Waals surface area contributed by atoms with Gasteiger partial charge in [-0.3, -0.25) is 0 Å². The summed E-state index contributed by atoms with van der Waals surface area (Å²) in [7, 11) is 0. The highest BCUT2D eigenvalue weighted by Crippen LogP contribution is 2.39. The third kappa shape index (κ3) is 2.15. The quantitative estimate of drug-likeness (QED) is 0.719. The minimum atomic E-state index is -1.00. The predicted molar refractivity (Wildman–Crippen MR) is 66.9 cm³/mol. The normalized spacial score (nSPS) is 17.7. The van der Waals surface area contributed by atoms with E-state index in [9.17, 15) is 9.90 Å². The maximum atomic E-state index is 11.9. The Kier molecular flexibility index (Phi) is 2.58. The van der Waals surface area contributed by atoms with Gasteiger partial charge in [0.25, 0.3) is 0 Å². The summed E-state index contributed by atoms with van der Waals surface area (Å²) in [6.07, 6.45) is 0. The highest BCUT2D eigenvalue weighted by Gasteiger charge is 2.35. The van der Waals surface area contributed by atoms with Crippen LogP contribution < -0.4 is 4.74 Å². The van der Waals surface area contributed by atoms with Crippen LogP contribution in [0.3, 0.4) is 0 Å². The smallest absolute Gasteiger partial charge is 0.345 e. The number of fused-ring (bicyclic) bond motifs is 1. The first kappa shape index (κ1) is 12.7. The lowest BCUT2D eigenvalue weighted by Crippen LogP contribution is -2.39. The van der Waals surface area contributed by atoms with Gasteiger partial charge >= 0.3 is 5.97 Å². The first-order valence-electron chi connectivity index (χ1n) is 5.90. The van der Waals surface area contributed by atoms with E-state index in [4.69, 9.17) is 9.47 Å². The molecular formula is C14H18O4. The van der Waals surface area contributed by atoms with Gasteiger partial charge in [-0.15, -0.1) is 0 Å². The van der Waals surface area contributed by atoms with Crippen LogP contribution in [-0.2, 0) is 10.2 Å². The molecule has 0 aliphatic carbocycles. The average molecular weight is 250 g/mol. The van der Waals surface area contributed by atoms with E-state index in [1.807, 2.05) is 20.8 Å². The number of carbonyl (C=O) groups is 1. The van der Waals surface area contributed by atoms with Gasteiger partial charge in [0, 0.05) is 25.5 Å². The van der Waals surface area contributed by atoms with Crippen LogP contribution in [0.25, 0.3) is 0 Å². The van der Waals surface area contributed by atoms with Gasteiger partial charge in [0.1, 0.15) is 17.1 Å². The number of cyclic esters (lactones) is 1. The number of ether oxygens (including phenoxy) is 2. The Morgan fingerprint density at radius 2 is 1.78 bits per heavy atom. The van der Waals surface area contributed by atoms with Crippen LogP contribution in [0.1, 0.15) is 50.5 Å². The molecule has 0 bridgehead atoms. The lowest BCUT2D eigenvalue weighted by atomic mass is 9.85. The Bertz CT molecular complexity index is 509. The van der Waals surface area contributed by atoms with Gasteiger partial charge in [-0.2, -0.15) is 0 Å². The van der Waals surface area contributed by atoms with Gasteiger partial charge in [-0.1, -0.05) is 20.8 Å². The standard InChI is InChI=1S/C14H18O4/c1-13(2,3)9-6-8-11(7-10(9)15)17-14(4,5)18-12(8)16/h6-7,15H,1-5H3. The Hall–Kier alpha value is -1.71. The van der Waals surface area contributed by atoms with Gasteiger partial charge in [-0.25, -0.2) is 4.79 Å². The molecule has 0 fully saturated rings. The third-order valence-corrected chi connectivity index (χ3v) is 2.82. The molecule has 1 aliphatic heterocycles. The Morgan fingerprint density at radius 3 is 2.33 bits per heavy atom. The number of carbonyl (C=O) groups excluding carboxylic acids is 1.